The monoisotopic (exact) mass is 350 g/mol. The van der Waals surface area contributed by atoms with Gasteiger partial charge in [0.05, 0.1) is 21.3 Å². The van der Waals surface area contributed by atoms with Crippen LogP contribution in [0.5, 0.6) is 17.2 Å². The van der Waals surface area contributed by atoms with Gasteiger partial charge < -0.3 is 19.5 Å². The number of piperidine rings is 1. The Hall–Kier alpha value is -1.95. The van der Waals surface area contributed by atoms with Crippen LogP contribution < -0.4 is 19.5 Å². The van der Waals surface area contributed by atoms with E-state index < -0.39 is 0 Å². The van der Waals surface area contributed by atoms with Gasteiger partial charge in [-0.1, -0.05) is 13.3 Å². The van der Waals surface area contributed by atoms with Crippen molar-refractivity contribution >= 4 is 11.6 Å². The molecule has 1 heterocycles. The van der Waals surface area contributed by atoms with Crippen LogP contribution in [0.25, 0.3) is 0 Å². The van der Waals surface area contributed by atoms with Gasteiger partial charge in [0.15, 0.2) is 11.5 Å². The lowest BCUT2D eigenvalue weighted by Crippen LogP contribution is -2.40. The quantitative estimate of drug-likeness (QED) is 0.779. The van der Waals surface area contributed by atoms with Crippen LogP contribution in [0, 0.1) is 0 Å². The molecule has 25 heavy (non-hydrogen) atoms. The first-order valence-electron chi connectivity index (χ1n) is 8.96. The minimum atomic E-state index is -0.00491. The zero-order valence-electron chi connectivity index (χ0n) is 15.8. The molecule has 2 rings (SSSR count). The minimum Gasteiger partial charge on any atom is -0.493 e. The second kappa shape index (κ2) is 9.51. The van der Waals surface area contributed by atoms with Crippen LogP contribution in [0.1, 0.15) is 39.0 Å². The molecule has 1 amide bonds. The molecule has 1 unspecified atom stereocenters. The third-order valence-corrected chi connectivity index (χ3v) is 4.79. The van der Waals surface area contributed by atoms with Crippen molar-refractivity contribution in [2.75, 3.05) is 39.7 Å². The smallest absolute Gasteiger partial charge is 0.225 e. The molecule has 0 bridgehead atoms. The Kier molecular flexibility index (Phi) is 7.37. The summed E-state index contributed by atoms with van der Waals surface area (Å²) >= 11 is 0. The molecule has 1 N–H and O–H groups in total. The average molecular weight is 350 g/mol. The molecule has 6 nitrogen and oxygen atoms in total. The second-order valence-electron chi connectivity index (χ2n) is 6.31. The molecular formula is C19H30N2O4. The molecule has 1 fully saturated rings. The molecular weight excluding hydrogens is 320 g/mol. The van der Waals surface area contributed by atoms with E-state index in [4.69, 9.17) is 14.2 Å². The summed E-state index contributed by atoms with van der Waals surface area (Å²) in [4.78, 5) is 14.8. The highest BCUT2D eigenvalue weighted by atomic mass is 16.5. The molecule has 0 radical (unpaired) electrons. The number of carbonyl (C=O) groups excluding carboxylic acids is 1. The van der Waals surface area contributed by atoms with Gasteiger partial charge in [0.1, 0.15) is 0 Å². The van der Waals surface area contributed by atoms with E-state index in [-0.39, 0.29) is 5.91 Å². The fourth-order valence-corrected chi connectivity index (χ4v) is 3.44. The van der Waals surface area contributed by atoms with Crippen molar-refractivity contribution < 1.29 is 19.0 Å². The first-order valence-corrected chi connectivity index (χ1v) is 8.96. The van der Waals surface area contributed by atoms with Crippen molar-refractivity contribution in [3.63, 3.8) is 0 Å². The van der Waals surface area contributed by atoms with Crippen LogP contribution in [-0.2, 0) is 4.79 Å². The van der Waals surface area contributed by atoms with Gasteiger partial charge in [-0.3, -0.25) is 9.69 Å². The van der Waals surface area contributed by atoms with Crippen molar-refractivity contribution in [3.05, 3.63) is 12.1 Å². The van der Waals surface area contributed by atoms with Crippen molar-refractivity contribution in [2.45, 2.75) is 45.1 Å². The van der Waals surface area contributed by atoms with E-state index in [0.29, 0.717) is 35.4 Å². The summed E-state index contributed by atoms with van der Waals surface area (Å²) in [5.41, 5.74) is 0.644. The Morgan fingerprint density at radius 3 is 2.40 bits per heavy atom. The normalized spacial score (nSPS) is 17.8. The van der Waals surface area contributed by atoms with Gasteiger partial charge in [-0.05, 0) is 25.8 Å². The van der Waals surface area contributed by atoms with Crippen molar-refractivity contribution in [1.29, 1.82) is 0 Å². The Labute approximate surface area is 150 Å². The highest BCUT2D eigenvalue weighted by Crippen LogP contribution is 2.39. The van der Waals surface area contributed by atoms with Crippen LogP contribution in [-0.4, -0.2) is 51.3 Å². The number of anilines is 1. The molecule has 1 aliphatic rings. The van der Waals surface area contributed by atoms with Crippen LogP contribution in [0.15, 0.2) is 12.1 Å². The number of carbonyl (C=O) groups is 1. The standard InChI is InChI=1S/C19H30N2O4/c1-5-15-8-6-7-10-21(15)11-9-18(22)20-14-12-16(23-2)19(25-4)17(13-14)24-3/h12-13,15H,5-11H2,1-4H3,(H,20,22). The molecule has 140 valence electrons. The Bertz CT molecular complexity index is 552. The third-order valence-electron chi connectivity index (χ3n) is 4.79. The number of amides is 1. The number of hydrogen-bond acceptors (Lipinski definition) is 5. The number of methoxy groups -OCH3 is 3. The number of hydrogen-bond donors (Lipinski definition) is 1. The Morgan fingerprint density at radius 1 is 1.16 bits per heavy atom. The lowest BCUT2D eigenvalue weighted by atomic mass is 10.00. The summed E-state index contributed by atoms with van der Waals surface area (Å²) in [7, 11) is 4.68. The maximum atomic E-state index is 12.4. The highest BCUT2D eigenvalue weighted by Gasteiger charge is 2.21. The van der Waals surface area contributed by atoms with Crippen molar-refractivity contribution in [1.82, 2.24) is 4.90 Å². The first-order chi connectivity index (χ1) is 12.1. The van der Waals surface area contributed by atoms with E-state index in [2.05, 4.69) is 17.1 Å². The number of likely N-dealkylation sites (tertiary alicyclic amines) is 1. The van der Waals surface area contributed by atoms with E-state index in [0.717, 1.165) is 19.5 Å². The number of benzene rings is 1. The second-order valence-corrected chi connectivity index (χ2v) is 6.31. The predicted molar refractivity (Wildman–Crippen MR) is 98.8 cm³/mol. The fourth-order valence-electron chi connectivity index (χ4n) is 3.44. The van der Waals surface area contributed by atoms with E-state index in [1.54, 1.807) is 33.5 Å². The lowest BCUT2D eigenvalue weighted by molar-refractivity contribution is -0.116. The molecule has 1 aliphatic heterocycles. The summed E-state index contributed by atoms with van der Waals surface area (Å²) in [5.74, 6) is 1.57. The van der Waals surface area contributed by atoms with Crippen LogP contribution >= 0.6 is 0 Å². The van der Waals surface area contributed by atoms with Gasteiger partial charge in [-0.15, -0.1) is 0 Å². The summed E-state index contributed by atoms with van der Waals surface area (Å²) < 4.78 is 15.9. The maximum absolute atomic E-state index is 12.4. The first kappa shape index (κ1) is 19.4. The topological polar surface area (TPSA) is 60.0 Å². The van der Waals surface area contributed by atoms with Crippen molar-refractivity contribution in [3.8, 4) is 17.2 Å². The number of nitrogens with zero attached hydrogens (tertiary/aromatic N) is 1. The van der Waals surface area contributed by atoms with Crippen LogP contribution in [0.2, 0.25) is 0 Å². The molecule has 6 heteroatoms. The zero-order chi connectivity index (χ0) is 18.2. The Morgan fingerprint density at radius 2 is 1.84 bits per heavy atom. The SMILES string of the molecule is CCC1CCCCN1CCC(=O)Nc1cc(OC)c(OC)c(OC)c1. The van der Waals surface area contributed by atoms with Crippen LogP contribution in [0.3, 0.4) is 0 Å². The number of rotatable bonds is 8. The van der Waals surface area contributed by atoms with Gasteiger partial charge in [-0.2, -0.15) is 0 Å². The molecule has 1 aromatic rings. The molecule has 1 aromatic carbocycles. The average Bonchev–Trinajstić information content (AvgIpc) is 2.65. The largest absolute Gasteiger partial charge is 0.493 e. The predicted octanol–water partition coefficient (Wildman–Crippen LogP) is 3.31. The van der Waals surface area contributed by atoms with Gasteiger partial charge in [0.25, 0.3) is 0 Å². The van der Waals surface area contributed by atoms with E-state index in [9.17, 15) is 4.79 Å². The number of nitrogens with one attached hydrogen (secondary N) is 1. The highest BCUT2D eigenvalue weighted by molar-refractivity contribution is 5.91. The molecule has 0 spiro atoms. The fraction of sp³-hybridized carbons (Fsp3) is 0.632. The van der Waals surface area contributed by atoms with Crippen LogP contribution in [0.4, 0.5) is 5.69 Å². The molecule has 1 atom stereocenters. The molecule has 0 saturated carbocycles. The van der Waals surface area contributed by atoms with E-state index in [1.165, 1.54) is 19.3 Å². The summed E-state index contributed by atoms with van der Waals surface area (Å²) in [6.45, 7) is 4.11. The Balaban J connectivity index is 1.98. The van der Waals surface area contributed by atoms with Crippen molar-refractivity contribution in [2.24, 2.45) is 0 Å². The third kappa shape index (κ3) is 5.01. The van der Waals surface area contributed by atoms with E-state index in [1.807, 2.05) is 0 Å². The van der Waals surface area contributed by atoms with Gasteiger partial charge in [0, 0.05) is 36.8 Å². The maximum Gasteiger partial charge on any atom is 0.225 e. The zero-order valence-corrected chi connectivity index (χ0v) is 15.8. The minimum absolute atomic E-state index is 0.00491. The van der Waals surface area contributed by atoms with Gasteiger partial charge in [-0.25, -0.2) is 0 Å². The van der Waals surface area contributed by atoms with Gasteiger partial charge >= 0.3 is 0 Å². The molecule has 1 saturated heterocycles. The summed E-state index contributed by atoms with van der Waals surface area (Å²) in [6.07, 6.45) is 5.39. The molecule has 0 aromatic heterocycles. The number of ether oxygens (including phenoxy) is 3. The summed E-state index contributed by atoms with van der Waals surface area (Å²) in [6, 6.07) is 4.10. The molecule has 0 aliphatic carbocycles. The summed E-state index contributed by atoms with van der Waals surface area (Å²) in [5, 5.41) is 2.93. The van der Waals surface area contributed by atoms with Gasteiger partial charge in [0.2, 0.25) is 11.7 Å². The van der Waals surface area contributed by atoms with E-state index >= 15 is 0 Å². The lowest BCUT2D eigenvalue weighted by Gasteiger charge is -2.35.